The van der Waals surface area contributed by atoms with Gasteiger partial charge in [-0.3, -0.25) is 0 Å². The second kappa shape index (κ2) is 11.5. The minimum Gasteiger partial charge on any atom is -0.455 e. The second-order valence-corrected chi connectivity index (χ2v) is 15.6. The van der Waals surface area contributed by atoms with Gasteiger partial charge in [-0.15, -0.1) is 0 Å². The van der Waals surface area contributed by atoms with E-state index in [9.17, 15) is 0 Å². The van der Waals surface area contributed by atoms with E-state index in [1.165, 1.54) is 97.8 Å². The molecule has 0 spiro atoms. The Kier molecular flexibility index (Phi) is 6.23. The Morgan fingerprint density at radius 1 is 0.246 bits per heavy atom. The molecule has 0 aliphatic heterocycles. The molecule has 0 amide bonds. The molecule has 0 saturated carbocycles. The van der Waals surface area contributed by atoms with E-state index in [1.54, 1.807) is 0 Å². The molecule has 12 aromatic carbocycles. The molecule has 0 bridgehead atoms. The van der Waals surface area contributed by atoms with Crippen molar-refractivity contribution in [3.63, 3.8) is 0 Å². The highest BCUT2D eigenvalue weighted by Gasteiger charge is 2.22. The Hall–Kier alpha value is -7.48. The molecule has 0 atom stereocenters. The molecule has 0 radical (unpaired) electrons. The lowest BCUT2D eigenvalue weighted by Crippen LogP contribution is -1.90. The molecule has 0 fully saturated rings. The van der Waals surface area contributed by atoms with E-state index in [0.29, 0.717) is 0 Å². The van der Waals surface area contributed by atoms with Crippen LogP contribution < -0.4 is 0 Å². The van der Waals surface area contributed by atoms with E-state index >= 15 is 0 Å². The highest BCUT2D eigenvalue weighted by atomic mass is 16.3. The maximum atomic E-state index is 7.21. The monoisotopic (exact) mass is 720 g/mol. The van der Waals surface area contributed by atoms with Gasteiger partial charge in [-0.25, -0.2) is 0 Å². The van der Waals surface area contributed by atoms with Crippen LogP contribution in [0.25, 0.3) is 131 Å². The fourth-order valence-corrected chi connectivity index (χ4v) is 9.94. The first-order valence-corrected chi connectivity index (χ1v) is 19.7. The minimum atomic E-state index is 0.894. The van der Waals surface area contributed by atoms with Crippen molar-refractivity contribution in [1.82, 2.24) is 0 Å². The molecule has 0 aliphatic carbocycles. The van der Waals surface area contributed by atoms with E-state index < -0.39 is 0 Å². The molecule has 262 valence electrons. The van der Waals surface area contributed by atoms with Gasteiger partial charge in [-0.05, 0) is 134 Å². The van der Waals surface area contributed by atoms with Crippen LogP contribution in [-0.4, -0.2) is 0 Å². The van der Waals surface area contributed by atoms with Gasteiger partial charge in [-0.2, -0.15) is 0 Å². The Labute approximate surface area is 328 Å². The Morgan fingerprint density at radius 3 is 1.77 bits per heavy atom. The van der Waals surface area contributed by atoms with E-state index in [4.69, 9.17) is 4.42 Å². The topological polar surface area (TPSA) is 13.1 Å². The lowest BCUT2D eigenvalue weighted by Gasteiger charge is -2.16. The van der Waals surface area contributed by atoms with Crippen LogP contribution in [0.5, 0.6) is 0 Å². The van der Waals surface area contributed by atoms with Gasteiger partial charge in [0.15, 0.2) is 0 Å². The second-order valence-electron chi connectivity index (χ2n) is 15.6. The van der Waals surface area contributed by atoms with E-state index in [0.717, 1.165) is 32.9 Å². The zero-order valence-corrected chi connectivity index (χ0v) is 30.9. The largest absolute Gasteiger partial charge is 0.455 e. The molecule has 13 aromatic rings. The van der Waals surface area contributed by atoms with E-state index in [2.05, 4.69) is 194 Å². The molecule has 57 heavy (non-hydrogen) atoms. The van der Waals surface area contributed by atoms with Crippen molar-refractivity contribution in [2.75, 3.05) is 0 Å². The average Bonchev–Trinajstić information content (AvgIpc) is 3.65. The molecule has 1 heteroatoms. The van der Waals surface area contributed by atoms with Gasteiger partial charge in [0.25, 0.3) is 0 Å². The van der Waals surface area contributed by atoms with E-state index in [1.807, 2.05) is 0 Å². The summed E-state index contributed by atoms with van der Waals surface area (Å²) in [6, 6.07) is 71.5. The molecule has 0 aliphatic rings. The smallest absolute Gasteiger partial charge is 0.143 e. The fourth-order valence-electron chi connectivity index (χ4n) is 9.94. The summed E-state index contributed by atoms with van der Waals surface area (Å²) in [5.41, 5.74) is 8.89. The van der Waals surface area contributed by atoms with Gasteiger partial charge in [0.1, 0.15) is 11.2 Å². The quantitative estimate of drug-likeness (QED) is 0.166. The van der Waals surface area contributed by atoms with Crippen molar-refractivity contribution in [3.05, 3.63) is 194 Å². The number of fused-ring (bicyclic) bond motifs is 9. The first-order chi connectivity index (χ1) is 28.2. The summed E-state index contributed by atoms with van der Waals surface area (Å²) >= 11 is 0. The molecule has 0 saturated heterocycles. The normalized spacial score (nSPS) is 12.2. The van der Waals surface area contributed by atoms with Gasteiger partial charge in [-0.1, -0.05) is 164 Å². The number of furan rings is 1. The standard InChI is InChI=1S/C56H32O/c1-2-9-33(10-3-1)38-20-21-39-30-50-51(32-41(39)29-38)57-56-48(49-31-40-22-17-34-11-4-5-14-42(34)53(40)45-16-7-6-15-43(45)49)28-27-47(55(50)56)44-25-23-37-19-18-35-12-8-13-36-24-26-46(44)54(37)52(35)36/h1-32H. The van der Waals surface area contributed by atoms with Gasteiger partial charge in [0.05, 0.1) is 0 Å². The van der Waals surface area contributed by atoms with Gasteiger partial charge in [0.2, 0.25) is 0 Å². The fraction of sp³-hybridized carbons (Fsp3) is 0. The SMILES string of the molecule is c1ccc(-c2ccc3cc4c(cc3c2)oc2c(-c3cc5ccc6ccccc6c5c5ccccc35)ccc(-c3ccc5ccc6cccc7ccc3c5c67)c24)cc1. The Morgan fingerprint density at radius 2 is 0.895 bits per heavy atom. The van der Waals surface area contributed by atoms with Crippen molar-refractivity contribution in [1.29, 1.82) is 0 Å². The Balaban J connectivity index is 1.14. The molecule has 1 aromatic heterocycles. The van der Waals surface area contributed by atoms with Crippen LogP contribution in [0.2, 0.25) is 0 Å². The van der Waals surface area contributed by atoms with Crippen LogP contribution in [0, 0.1) is 0 Å². The van der Waals surface area contributed by atoms with Crippen molar-refractivity contribution in [3.8, 4) is 33.4 Å². The first-order valence-electron chi connectivity index (χ1n) is 19.7. The van der Waals surface area contributed by atoms with Crippen molar-refractivity contribution in [2.45, 2.75) is 0 Å². The van der Waals surface area contributed by atoms with Crippen LogP contribution >= 0.6 is 0 Å². The summed E-state index contributed by atoms with van der Waals surface area (Å²) in [6.07, 6.45) is 0. The first kappa shape index (κ1) is 30.8. The zero-order chi connectivity index (χ0) is 37.2. The van der Waals surface area contributed by atoms with Crippen LogP contribution in [0.15, 0.2) is 199 Å². The van der Waals surface area contributed by atoms with Gasteiger partial charge >= 0.3 is 0 Å². The summed E-state index contributed by atoms with van der Waals surface area (Å²) in [4.78, 5) is 0. The summed E-state index contributed by atoms with van der Waals surface area (Å²) in [5, 5.41) is 19.9. The maximum absolute atomic E-state index is 7.21. The highest BCUT2D eigenvalue weighted by Crippen LogP contribution is 2.48. The number of hydrogen-bond acceptors (Lipinski definition) is 1. The predicted molar refractivity (Wildman–Crippen MR) is 244 cm³/mol. The van der Waals surface area contributed by atoms with Gasteiger partial charge < -0.3 is 4.42 Å². The molecular weight excluding hydrogens is 689 g/mol. The number of rotatable bonds is 3. The predicted octanol–water partition coefficient (Wildman–Crippen LogP) is 16.1. The number of hydrogen-bond donors (Lipinski definition) is 0. The maximum Gasteiger partial charge on any atom is 0.143 e. The minimum absolute atomic E-state index is 0.894. The third-order valence-electron chi connectivity index (χ3n) is 12.5. The van der Waals surface area contributed by atoms with Crippen molar-refractivity contribution >= 4 is 97.3 Å². The molecule has 0 unspecified atom stereocenters. The van der Waals surface area contributed by atoms with Crippen LogP contribution in [0.4, 0.5) is 0 Å². The lowest BCUT2D eigenvalue weighted by atomic mass is 9.86. The van der Waals surface area contributed by atoms with Crippen LogP contribution in [0.1, 0.15) is 0 Å². The highest BCUT2D eigenvalue weighted by molar-refractivity contribution is 6.29. The number of benzene rings is 12. The Bertz CT molecular complexity index is 3780. The summed E-state index contributed by atoms with van der Waals surface area (Å²) < 4.78 is 7.21. The van der Waals surface area contributed by atoms with Gasteiger partial charge in [0, 0.05) is 16.3 Å². The lowest BCUT2D eigenvalue weighted by molar-refractivity contribution is 0.670. The van der Waals surface area contributed by atoms with E-state index in [-0.39, 0.29) is 0 Å². The third kappa shape index (κ3) is 4.40. The zero-order valence-electron chi connectivity index (χ0n) is 30.9. The average molecular weight is 721 g/mol. The summed E-state index contributed by atoms with van der Waals surface area (Å²) in [7, 11) is 0. The van der Waals surface area contributed by atoms with Crippen molar-refractivity contribution < 1.29 is 4.42 Å². The molecule has 1 nitrogen and oxygen atoms in total. The third-order valence-corrected chi connectivity index (χ3v) is 12.5. The van der Waals surface area contributed by atoms with Crippen LogP contribution in [-0.2, 0) is 0 Å². The summed E-state index contributed by atoms with van der Waals surface area (Å²) in [5.74, 6) is 0. The molecule has 1 heterocycles. The summed E-state index contributed by atoms with van der Waals surface area (Å²) in [6.45, 7) is 0. The molecule has 0 N–H and O–H groups in total. The van der Waals surface area contributed by atoms with Crippen molar-refractivity contribution in [2.24, 2.45) is 0 Å². The molecule has 13 rings (SSSR count). The molecular formula is C56H32O. The van der Waals surface area contributed by atoms with Crippen LogP contribution in [0.3, 0.4) is 0 Å².